The molecule has 0 aliphatic rings. The molecule has 0 amide bonds. The number of nitrogens with zero attached hydrogens (tertiary/aromatic N) is 1. The van der Waals surface area contributed by atoms with E-state index < -0.39 is 11.5 Å². The summed E-state index contributed by atoms with van der Waals surface area (Å²) >= 11 is 0. The van der Waals surface area contributed by atoms with Crippen molar-refractivity contribution in [3.8, 4) is 5.75 Å². The molecule has 0 spiro atoms. The van der Waals surface area contributed by atoms with Gasteiger partial charge in [-0.15, -0.1) is 0 Å². The van der Waals surface area contributed by atoms with Crippen molar-refractivity contribution in [3.05, 3.63) is 29.8 Å². The van der Waals surface area contributed by atoms with Gasteiger partial charge in [-0.2, -0.15) is 0 Å². The number of aliphatic carboxylic acids is 1. The number of nitrogens with one attached hydrogen (secondary N) is 1. The van der Waals surface area contributed by atoms with Crippen LogP contribution in [-0.4, -0.2) is 48.3 Å². The molecule has 1 aromatic rings. The van der Waals surface area contributed by atoms with Gasteiger partial charge in [-0.1, -0.05) is 12.1 Å². The van der Waals surface area contributed by atoms with Gasteiger partial charge in [-0.05, 0) is 38.7 Å². The van der Waals surface area contributed by atoms with E-state index in [1.54, 1.807) is 19.1 Å². The highest BCUT2D eigenvalue weighted by Crippen LogP contribution is 2.24. The van der Waals surface area contributed by atoms with Gasteiger partial charge in [0.15, 0.2) is 0 Å². The topological polar surface area (TPSA) is 72.8 Å². The zero-order chi connectivity index (χ0) is 13.8. The minimum atomic E-state index is -1.20. The van der Waals surface area contributed by atoms with Gasteiger partial charge in [0.2, 0.25) is 0 Å². The Morgan fingerprint density at radius 2 is 2.11 bits per heavy atom. The van der Waals surface area contributed by atoms with E-state index in [0.717, 1.165) is 6.54 Å². The molecule has 5 nitrogen and oxygen atoms in total. The maximum Gasteiger partial charge on any atom is 0.328 e. The largest absolute Gasteiger partial charge is 0.508 e. The van der Waals surface area contributed by atoms with Crippen molar-refractivity contribution < 1.29 is 15.0 Å². The number of phenolic OH excluding ortho intramolecular Hbond substituents is 1. The van der Waals surface area contributed by atoms with Crippen LogP contribution in [0.25, 0.3) is 0 Å². The third-order valence-electron chi connectivity index (χ3n) is 2.89. The van der Waals surface area contributed by atoms with Crippen LogP contribution >= 0.6 is 0 Å². The summed E-state index contributed by atoms with van der Waals surface area (Å²) in [5.41, 5.74) is -0.664. The van der Waals surface area contributed by atoms with Gasteiger partial charge in [-0.3, -0.25) is 5.32 Å². The smallest absolute Gasteiger partial charge is 0.328 e. The first kappa shape index (κ1) is 14.5. The summed E-state index contributed by atoms with van der Waals surface area (Å²) in [7, 11) is 3.85. The van der Waals surface area contributed by atoms with E-state index in [2.05, 4.69) is 5.32 Å². The van der Waals surface area contributed by atoms with E-state index in [-0.39, 0.29) is 5.75 Å². The molecule has 0 aliphatic heterocycles. The minimum Gasteiger partial charge on any atom is -0.508 e. The summed E-state index contributed by atoms with van der Waals surface area (Å²) in [4.78, 5) is 13.4. The molecule has 0 fully saturated rings. The standard InChI is InChI=1S/C13H20N2O3/c1-13(12(17)18,14-7-8-15(2)3)10-5-4-6-11(16)9-10/h4-6,9,14,16H,7-8H2,1-3H3,(H,17,18). The zero-order valence-corrected chi connectivity index (χ0v) is 11.0. The molecule has 3 N–H and O–H groups in total. The van der Waals surface area contributed by atoms with Crippen LogP contribution in [0.4, 0.5) is 0 Å². The molecule has 0 aliphatic carbocycles. The predicted octanol–water partition coefficient (Wildman–Crippen LogP) is 0.843. The molecule has 0 saturated heterocycles. The van der Waals surface area contributed by atoms with Crippen LogP contribution in [0, 0.1) is 0 Å². The number of likely N-dealkylation sites (N-methyl/N-ethyl adjacent to an activating group) is 1. The lowest BCUT2D eigenvalue weighted by molar-refractivity contribution is -0.144. The Hall–Kier alpha value is -1.59. The molecule has 1 aromatic carbocycles. The van der Waals surface area contributed by atoms with Crippen LogP contribution in [0.1, 0.15) is 12.5 Å². The normalized spacial score (nSPS) is 14.4. The summed E-state index contributed by atoms with van der Waals surface area (Å²) in [5, 5.41) is 21.8. The number of phenols is 1. The van der Waals surface area contributed by atoms with Gasteiger partial charge < -0.3 is 15.1 Å². The van der Waals surface area contributed by atoms with Crippen molar-refractivity contribution in [2.45, 2.75) is 12.5 Å². The van der Waals surface area contributed by atoms with E-state index >= 15 is 0 Å². The predicted molar refractivity (Wildman–Crippen MR) is 69.7 cm³/mol. The molecule has 5 heteroatoms. The fourth-order valence-corrected chi connectivity index (χ4v) is 1.65. The Bertz CT molecular complexity index is 420. The number of hydrogen-bond donors (Lipinski definition) is 3. The van der Waals surface area contributed by atoms with Crippen LogP contribution in [0.5, 0.6) is 5.75 Å². The number of hydrogen-bond acceptors (Lipinski definition) is 4. The number of carboxylic acid groups (broad SMARTS) is 1. The molecule has 18 heavy (non-hydrogen) atoms. The lowest BCUT2D eigenvalue weighted by atomic mass is 9.92. The van der Waals surface area contributed by atoms with Crippen LogP contribution in [0.3, 0.4) is 0 Å². The first-order valence-electron chi connectivity index (χ1n) is 5.79. The molecule has 0 bridgehead atoms. The van der Waals surface area contributed by atoms with Gasteiger partial charge in [0.05, 0.1) is 0 Å². The third kappa shape index (κ3) is 3.45. The lowest BCUT2D eigenvalue weighted by Gasteiger charge is -2.27. The number of benzene rings is 1. The average molecular weight is 252 g/mol. The maximum absolute atomic E-state index is 11.5. The van der Waals surface area contributed by atoms with E-state index in [1.165, 1.54) is 12.1 Å². The van der Waals surface area contributed by atoms with Crippen molar-refractivity contribution in [1.29, 1.82) is 0 Å². The highest BCUT2D eigenvalue weighted by Gasteiger charge is 2.34. The second kappa shape index (κ2) is 5.84. The summed E-state index contributed by atoms with van der Waals surface area (Å²) in [6, 6.07) is 6.32. The average Bonchev–Trinajstić information content (AvgIpc) is 2.28. The lowest BCUT2D eigenvalue weighted by Crippen LogP contribution is -2.48. The van der Waals surface area contributed by atoms with E-state index in [4.69, 9.17) is 0 Å². The number of aromatic hydroxyl groups is 1. The van der Waals surface area contributed by atoms with Gasteiger partial charge in [-0.25, -0.2) is 4.79 Å². The van der Waals surface area contributed by atoms with Crippen molar-refractivity contribution in [3.63, 3.8) is 0 Å². The highest BCUT2D eigenvalue weighted by molar-refractivity contribution is 5.80. The third-order valence-corrected chi connectivity index (χ3v) is 2.89. The Labute approximate surface area is 107 Å². The summed E-state index contributed by atoms with van der Waals surface area (Å²) in [6.45, 7) is 2.88. The van der Waals surface area contributed by atoms with Crippen molar-refractivity contribution in [1.82, 2.24) is 10.2 Å². The Kier molecular flexibility index (Phi) is 4.69. The quantitative estimate of drug-likeness (QED) is 0.700. The molecular weight excluding hydrogens is 232 g/mol. The van der Waals surface area contributed by atoms with Crippen molar-refractivity contribution in [2.24, 2.45) is 0 Å². The first-order chi connectivity index (χ1) is 8.36. The van der Waals surface area contributed by atoms with Gasteiger partial charge in [0, 0.05) is 13.1 Å². The zero-order valence-electron chi connectivity index (χ0n) is 11.0. The van der Waals surface area contributed by atoms with Crippen molar-refractivity contribution >= 4 is 5.97 Å². The molecular formula is C13H20N2O3. The maximum atomic E-state index is 11.5. The molecule has 1 rings (SSSR count). The fraction of sp³-hybridized carbons (Fsp3) is 0.462. The molecule has 0 saturated carbocycles. The summed E-state index contributed by atoms with van der Waals surface area (Å²) in [6.07, 6.45) is 0. The molecule has 0 radical (unpaired) electrons. The van der Waals surface area contributed by atoms with Crippen LogP contribution in [0.2, 0.25) is 0 Å². The molecule has 1 atom stereocenters. The van der Waals surface area contributed by atoms with Gasteiger partial charge in [0.1, 0.15) is 11.3 Å². The van der Waals surface area contributed by atoms with Crippen LogP contribution < -0.4 is 5.32 Å². The van der Waals surface area contributed by atoms with Gasteiger partial charge in [0.25, 0.3) is 0 Å². The summed E-state index contributed by atoms with van der Waals surface area (Å²) in [5.74, 6) is -0.902. The van der Waals surface area contributed by atoms with E-state index in [0.29, 0.717) is 12.1 Å². The Morgan fingerprint density at radius 1 is 1.44 bits per heavy atom. The van der Waals surface area contributed by atoms with Crippen LogP contribution in [-0.2, 0) is 10.3 Å². The second-order valence-electron chi connectivity index (χ2n) is 4.71. The molecule has 100 valence electrons. The van der Waals surface area contributed by atoms with E-state index in [9.17, 15) is 15.0 Å². The molecule has 0 heterocycles. The van der Waals surface area contributed by atoms with E-state index in [1.807, 2.05) is 19.0 Å². The van der Waals surface area contributed by atoms with Gasteiger partial charge >= 0.3 is 5.97 Å². The Balaban J connectivity index is 2.90. The minimum absolute atomic E-state index is 0.0642. The fourth-order valence-electron chi connectivity index (χ4n) is 1.65. The number of carbonyl (C=O) groups is 1. The first-order valence-corrected chi connectivity index (χ1v) is 5.79. The monoisotopic (exact) mass is 252 g/mol. The van der Waals surface area contributed by atoms with Crippen LogP contribution in [0.15, 0.2) is 24.3 Å². The Morgan fingerprint density at radius 3 is 2.61 bits per heavy atom. The second-order valence-corrected chi connectivity index (χ2v) is 4.71. The van der Waals surface area contributed by atoms with Crippen molar-refractivity contribution in [2.75, 3.05) is 27.2 Å². The highest BCUT2D eigenvalue weighted by atomic mass is 16.4. The number of rotatable bonds is 6. The molecule has 1 unspecified atom stereocenters. The SMILES string of the molecule is CN(C)CCNC(C)(C(=O)O)c1cccc(O)c1. The number of carboxylic acids is 1. The molecule has 0 aromatic heterocycles. The summed E-state index contributed by atoms with van der Waals surface area (Å²) < 4.78 is 0.